The van der Waals surface area contributed by atoms with Crippen LogP contribution >= 0.6 is 11.6 Å². The van der Waals surface area contributed by atoms with Crippen LogP contribution < -0.4 is 16.1 Å². The van der Waals surface area contributed by atoms with Gasteiger partial charge in [0.15, 0.2) is 0 Å². The Morgan fingerprint density at radius 2 is 1.72 bits per heavy atom. The zero-order chi connectivity index (χ0) is 23.1. The number of aromatic hydroxyl groups is 1. The van der Waals surface area contributed by atoms with Crippen molar-refractivity contribution in [2.75, 3.05) is 10.6 Å². The molecule has 0 spiro atoms. The first-order chi connectivity index (χ1) is 15.3. The van der Waals surface area contributed by atoms with Crippen LogP contribution in [0.3, 0.4) is 0 Å². The Balaban J connectivity index is 1.66. The van der Waals surface area contributed by atoms with Gasteiger partial charge in [0.1, 0.15) is 5.75 Å². The lowest BCUT2D eigenvalue weighted by molar-refractivity contribution is -0.136. The Kier molecular flexibility index (Phi) is 7.20. The molecule has 3 amide bonds. The summed E-state index contributed by atoms with van der Waals surface area (Å²) in [6.07, 6.45) is 1.15. The highest BCUT2D eigenvalue weighted by atomic mass is 35.5. The first kappa shape index (κ1) is 22.5. The summed E-state index contributed by atoms with van der Waals surface area (Å²) in [5, 5.41) is 18.9. The highest BCUT2D eigenvalue weighted by molar-refractivity contribution is 6.40. The Morgan fingerprint density at radius 1 is 0.938 bits per heavy atom. The summed E-state index contributed by atoms with van der Waals surface area (Å²) >= 11 is 5.84. The zero-order valence-corrected chi connectivity index (χ0v) is 17.7. The molecule has 0 saturated carbocycles. The minimum absolute atomic E-state index is 0.0922. The third kappa shape index (κ3) is 5.93. The molecule has 0 heterocycles. The maximum atomic E-state index is 12.7. The fourth-order valence-corrected chi connectivity index (χ4v) is 2.91. The summed E-state index contributed by atoms with van der Waals surface area (Å²) in [4.78, 5) is 37.0. The number of hydrazone groups is 1. The van der Waals surface area contributed by atoms with Gasteiger partial charge in [-0.15, -0.1) is 0 Å². The third-order valence-electron chi connectivity index (χ3n) is 4.26. The number of amides is 3. The number of halogens is 1. The summed E-state index contributed by atoms with van der Waals surface area (Å²) in [6, 6.07) is 17.9. The maximum Gasteiger partial charge on any atom is 0.329 e. The number of anilines is 2. The molecule has 0 bridgehead atoms. The SMILES string of the molecule is Cc1cccc(NC(=O)c2ccccc2NC(=O)C(=O)N/N=C/c2cc(Cl)ccc2O)c1. The van der Waals surface area contributed by atoms with Crippen molar-refractivity contribution in [2.24, 2.45) is 5.10 Å². The number of carbonyl (C=O) groups is 3. The molecule has 9 heteroatoms. The van der Waals surface area contributed by atoms with Crippen LogP contribution in [-0.4, -0.2) is 29.0 Å². The van der Waals surface area contributed by atoms with Gasteiger partial charge in [0.2, 0.25) is 0 Å². The minimum atomic E-state index is -1.06. The van der Waals surface area contributed by atoms with Crippen molar-refractivity contribution in [3.63, 3.8) is 0 Å². The molecule has 0 radical (unpaired) electrons. The van der Waals surface area contributed by atoms with Crippen LogP contribution in [0.15, 0.2) is 71.8 Å². The van der Waals surface area contributed by atoms with E-state index in [0.29, 0.717) is 10.7 Å². The molecule has 3 aromatic rings. The average molecular weight is 451 g/mol. The van der Waals surface area contributed by atoms with Crippen LogP contribution in [0.25, 0.3) is 0 Å². The molecule has 0 aromatic heterocycles. The van der Waals surface area contributed by atoms with E-state index < -0.39 is 17.7 Å². The molecule has 0 atom stereocenters. The first-order valence-electron chi connectivity index (χ1n) is 9.43. The zero-order valence-electron chi connectivity index (χ0n) is 16.9. The number of phenols is 1. The molecule has 0 aliphatic heterocycles. The molecule has 0 unspecified atom stereocenters. The average Bonchev–Trinajstić information content (AvgIpc) is 2.76. The highest BCUT2D eigenvalue weighted by Crippen LogP contribution is 2.20. The fourth-order valence-electron chi connectivity index (χ4n) is 2.73. The number of hydrogen-bond acceptors (Lipinski definition) is 5. The van der Waals surface area contributed by atoms with Crippen molar-refractivity contribution in [2.45, 2.75) is 6.92 Å². The minimum Gasteiger partial charge on any atom is -0.507 e. The van der Waals surface area contributed by atoms with Gasteiger partial charge in [-0.05, 0) is 55.0 Å². The second kappa shape index (κ2) is 10.2. The Labute approximate surface area is 188 Å². The second-order valence-corrected chi connectivity index (χ2v) is 7.16. The molecule has 3 aromatic carbocycles. The monoisotopic (exact) mass is 450 g/mol. The van der Waals surface area contributed by atoms with Crippen LogP contribution in [0.4, 0.5) is 11.4 Å². The van der Waals surface area contributed by atoms with Crippen molar-refractivity contribution in [3.05, 3.63) is 88.4 Å². The predicted molar refractivity (Wildman–Crippen MR) is 123 cm³/mol. The van der Waals surface area contributed by atoms with Gasteiger partial charge < -0.3 is 15.7 Å². The van der Waals surface area contributed by atoms with Gasteiger partial charge in [0.25, 0.3) is 5.91 Å². The molecule has 32 heavy (non-hydrogen) atoms. The van der Waals surface area contributed by atoms with Crippen LogP contribution in [0, 0.1) is 6.92 Å². The topological polar surface area (TPSA) is 120 Å². The first-order valence-corrected chi connectivity index (χ1v) is 9.81. The summed E-state index contributed by atoms with van der Waals surface area (Å²) in [5.74, 6) is -2.61. The number of nitrogens with one attached hydrogen (secondary N) is 3. The van der Waals surface area contributed by atoms with Gasteiger partial charge >= 0.3 is 11.8 Å². The molecule has 0 aliphatic rings. The van der Waals surface area contributed by atoms with Gasteiger partial charge in [-0.1, -0.05) is 35.9 Å². The van der Waals surface area contributed by atoms with Crippen molar-refractivity contribution in [1.29, 1.82) is 0 Å². The molecule has 4 N–H and O–H groups in total. The number of para-hydroxylation sites is 1. The smallest absolute Gasteiger partial charge is 0.329 e. The molecule has 3 rings (SSSR count). The number of hydrogen-bond donors (Lipinski definition) is 4. The molecule has 0 aliphatic carbocycles. The van der Waals surface area contributed by atoms with E-state index in [9.17, 15) is 19.5 Å². The van der Waals surface area contributed by atoms with Crippen molar-refractivity contribution in [3.8, 4) is 5.75 Å². The largest absolute Gasteiger partial charge is 0.507 e. The Hall–Kier alpha value is -4.17. The highest BCUT2D eigenvalue weighted by Gasteiger charge is 2.18. The standard InChI is InChI=1S/C23H19ClN4O4/c1-14-5-4-6-17(11-14)26-21(30)18-7-2-3-8-19(18)27-22(31)23(32)28-25-13-15-12-16(24)9-10-20(15)29/h2-13,29H,1H3,(H,26,30)(H,27,31)(H,28,32)/b25-13+. The number of nitrogens with zero attached hydrogens (tertiary/aromatic N) is 1. The molecule has 0 fully saturated rings. The van der Waals surface area contributed by atoms with E-state index >= 15 is 0 Å². The molecule has 8 nitrogen and oxygen atoms in total. The van der Waals surface area contributed by atoms with Crippen molar-refractivity contribution >= 4 is 46.9 Å². The van der Waals surface area contributed by atoms with Gasteiger partial charge in [-0.2, -0.15) is 5.10 Å². The summed E-state index contributed by atoms with van der Waals surface area (Å²) in [5.41, 5.74) is 4.24. The van der Waals surface area contributed by atoms with Crippen LogP contribution in [-0.2, 0) is 9.59 Å². The van der Waals surface area contributed by atoms with Gasteiger partial charge in [0, 0.05) is 16.3 Å². The number of carbonyl (C=O) groups excluding carboxylic acids is 3. The van der Waals surface area contributed by atoms with E-state index in [1.54, 1.807) is 18.2 Å². The molecular formula is C23H19ClN4O4. The summed E-state index contributed by atoms with van der Waals surface area (Å²) in [6.45, 7) is 1.90. The van der Waals surface area contributed by atoms with E-state index in [1.165, 1.54) is 30.3 Å². The lowest BCUT2D eigenvalue weighted by Gasteiger charge is -2.11. The fraction of sp³-hybridized carbons (Fsp3) is 0.0435. The molecule has 0 saturated heterocycles. The third-order valence-corrected chi connectivity index (χ3v) is 4.50. The Bertz CT molecular complexity index is 1210. The molecule has 162 valence electrons. The quantitative estimate of drug-likeness (QED) is 0.269. The number of phenolic OH excluding ortho intramolecular Hbond substituents is 1. The lowest BCUT2D eigenvalue weighted by Crippen LogP contribution is -2.33. The van der Waals surface area contributed by atoms with E-state index in [2.05, 4.69) is 21.2 Å². The van der Waals surface area contributed by atoms with Crippen molar-refractivity contribution < 1.29 is 19.5 Å². The second-order valence-electron chi connectivity index (χ2n) is 6.73. The Morgan fingerprint density at radius 3 is 2.50 bits per heavy atom. The summed E-state index contributed by atoms with van der Waals surface area (Å²) in [7, 11) is 0. The van der Waals surface area contributed by atoms with Crippen LogP contribution in [0.2, 0.25) is 5.02 Å². The predicted octanol–water partition coefficient (Wildman–Crippen LogP) is 3.70. The van der Waals surface area contributed by atoms with Gasteiger partial charge in [-0.3, -0.25) is 14.4 Å². The van der Waals surface area contributed by atoms with E-state index in [4.69, 9.17) is 11.6 Å². The normalized spacial score (nSPS) is 10.6. The maximum absolute atomic E-state index is 12.7. The van der Waals surface area contributed by atoms with Crippen LogP contribution in [0.1, 0.15) is 21.5 Å². The number of benzene rings is 3. The summed E-state index contributed by atoms with van der Waals surface area (Å²) < 4.78 is 0. The van der Waals surface area contributed by atoms with Gasteiger partial charge in [0.05, 0.1) is 17.5 Å². The van der Waals surface area contributed by atoms with Crippen LogP contribution in [0.5, 0.6) is 5.75 Å². The molecular weight excluding hydrogens is 432 g/mol. The van der Waals surface area contributed by atoms with Gasteiger partial charge in [-0.25, -0.2) is 5.43 Å². The van der Waals surface area contributed by atoms with E-state index in [-0.39, 0.29) is 22.6 Å². The van der Waals surface area contributed by atoms with Crippen molar-refractivity contribution in [1.82, 2.24) is 5.43 Å². The number of aryl methyl sites for hydroxylation is 1. The lowest BCUT2D eigenvalue weighted by atomic mass is 10.1. The number of rotatable bonds is 5. The van der Waals surface area contributed by atoms with E-state index in [1.807, 2.05) is 25.1 Å². The van der Waals surface area contributed by atoms with E-state index in [0.717, 1.165) is 11.8 Å².